The van der Waals surface area contributed by atoms with Crippen molar-refractivity contribution in [3.63, 3.8) is 0 Å². The SMILES string of the molecule is CCC(CC)N(CC(C)C)S(=O)(=O)c1ccc(N)cc1. The number of anilines is 1. The molecule has 2 N–H and O–H groups in total. The number of benzene rings is 1. The van der Waals surface area contributed by atoms with Gasteiger partial charge in [-0.05, 0) is 43.0 Å². The van der Waals surface area contributed by atoms with Crippen LogP contribution < -0.4 is 5.73 Å². The summed E-state index contributed by atoms with van der Waals surface area (Å²) < 4.78 is 27.3. The van der Waals surface area contributed by atoms with Crippen LogP contribution in [0.3, 0.4) is 0 Å². The molecule has 0 aromatic heterocycles. The lowest BCUT2D eigenvalue weighted by Gasteiger charge is -2.31. The van der Waals surface area contributed by atoms with E-state index in [0.717, 1.165) is 12.8 Å². The van der Waals surface area contributed by atoms with Crippen LogP contribution in [0.25, 0.3) is 0 Å². The van der Waals surface area contributed by atoms with Gasteiger partial charge in [0.25, 0.3) is 0 Å². The molecule has 0 bridgehead atoms. The average molecular weight is 298 g/mol. The Morgan fingerprint density at radius 1 is 1.10 bits per heavy atom. The zero-order chi connectivity index (χ0) is 15.3. The van der Waals surface area contributed by atoms with E-state index < -0.39 is 10.0 Å². The summed E-state index contributed by atoms with van der Waals surface area (Å²) in [6, 6.07) is 6.47. The highest BCUT2D eigenvalue weighted by Crippen LogP contribution is 2.23. The molecule has 0 atom stereocenters. The fourth-order valence-corrected chi connectivity index (χ4v) is 4.21. The molecular weight excluding hydrogens is 272 g/mol. The molecule has 0 saturated heterocycles. The molecule has 0 heterocycles. The minimum Gasteiger partial charge on any atom is -0.399 e. The Balaban J connectivity index is 3.19. The summed E-state index contributed by atoms with van der Waals surface area (Å²) in [5, 5.41) is 0. The van der Waals surface area contributed by atoms with Gasteiger partial charge in [-0.2, -0.15) is 4.31 Å². The van der Waals surface area contributed by atoms with Crippen LogP contribution in [0.5, 0.6) is 0 Å². The van der Waals surface area contributed by atoms with Gasteiger partial charge in [0.1, 0.15) is 0 Å². The molecule has 1 aromatic carbocycles. The number of nitrogens with zero attached hydrogens (tertiary/aromatic N) is 1. The maximum Gasteiger partial charge on any atom is 0.243 e. The van der Waals surface area contributed by atoms with E-state index in [-0.39, 0.29) is 6.04 Å². The maximum atomic E-state index is 12.8. The second kappa shape index (κ2) is 7.09. The minimum atomic E-state index is -3.46. The quantitative estimate of drug-likeness (QED) is 0.787. The molecule has 1 rings (SSSR count). The summed E-state index contributed by atoms with van der Waals surface area (Å²) in [6.45, 7) is 8.67. The third-order valence-corrected chi connectivity index (χ3v) is 5.31. The molecule has 114 valence electrons. The number of rotatable bonds is 7. The van der Waals surface area contributed by atoms with Crippen LogP contribution in [0, 0.1) is 5.92 Å². The van der Waals surface area contributed by atoms with Crippen LogP contribution >= 0.6 is 0 Å². The second-order valence-electron chi connectivity index (χ2n) is 5.51. The Morgan fingerprint density at radius 3 is 2.00 bits per heavy atom. The van der Waals surface area contributed by atoms with Crippen LogP contribution in [0.2, 0.25) is 0 Å². The zero-order valence-electron chi connectivity index (χ0n) is 12.8. The Labute approximate surface area is 123 Å². The number of nitrogens with two attached hydrogens (primary N) is 1. The van der Waals surface area contributed by atoms with E-state index >= 15 is 0 Å². The van der Waals surface area contributed by atoms with E-state index in [1.807, 2.05) is 27.7 Å². The molecular formula is C15H26N2O2S. The summed E-state index contributed by atoms with van der Waals surface area (Å²) in [6.07, 6.45) is 1.63. The first-order chi connectivity index (χ1) is 9.32. The van der Waals surface area contributed by atoms with Gasteiger partial charge in [0.05, 0.1) is 4.90 Å². The Morgan fingerprint density at radius 2 is 1.60 bits per heavy atom. The predicted octanol–water partition coefficient (Wildman–Crippen LogP) is 3.10. The van der Waals surface area contributed by atoms with E-state index in [0.29, 0.717) is 23.0 Å². The Kier molecular flexibility index (Phi) is 6.02. The largest absolute Gasteiger partial charge is 0.399 e. The summed E-state index contributed by atoms with van der Waals surface area (Å²) in [7, 11) is -3.46. The highest BCUT2D eigenvalue weighted by atomic mass is 32.2. The molecule has 0 spiro atoms. The molecule has 0 aliphatic rings. The molecule has 5 heteroatoms. The fraction of sp³-hybridized carbons (Fsp3) is 0.600. The van der Waals surface area contributed by atoms with Crippen LogP contribution in [0.1, 0.15) is 40.5 Å². The molecule has 20 heavy (non-hydrogen) atoms. The molecule has 0 saturated carbocycles. The summed E-state index contributed by atoms with van der Waals surface area (Å²) >= 11 is 0. The van der Waals surface area contributed by atoms with Crippen LogP contribution in [0.15, 0.2) is 29.2 Å². The highest BCUT2D eigenvalue weighted by molar-refractivity contribution is 7.89. The average Bonchev–Trinajstić information content (AvgIpc) is 2.39. The second-order valence-corrected chi connectivity index (χ2v) is 7.40. The highest BCUT2D eigenvalue weighted by Gasteiger charge is 2.30. The normalized spacial score (nSPS) is 12.6. The third kappa shape index (κ3) is 3.96. The van der Waals surface area contributed by atoms with Crippen LogP contribution in [-0.4, -0.2) is 25.3 Å². The van der Waals surface area contributed by atoms with Gasteiger partial charge >= 0.3 is 0 Å². The van der Waals surface area contributed by atoms with Gasteiger partial charge in [0.15, 0.2) is 0 Å². The summed E-state index contributed by atoms with van der Waals surface area (Å²) in [5.41, 5.74) is 6.20. The Hall–Kier alpha value is -1.07. The Bertz CT molecular complexity index is 505. The molecule has 0 unspecified atom stereocenters. The van der Waals surface area contributed by atoms with Crippen molar-refractivity contribution in [3.05, 3.63) is 24.3 Å². The van der Waals surface area contributed by atoms with Crippen molar-refractivity contribution >= 4 is 15.7 Å². The molecule has 0 aliphatic heterocycles. The van der Waals surface area contributed by atoms with Gasteiger partial charge in [0.2, 0.25) is 10.0 Å². The summed E-state index contributed by atoms with van der Waals surface area (Å²) in [5.74, 6) is 0.291. The van der Waals surface area contributed by atoms with Crippen molar-refractivity contribution in [1.29, 1.82) is 0 Å². The zero-order valence-corrected chi connectivity index (χ0v) is 13.7. The molecule has 0 amide bonds. The number of sulfonamides is 1. The third-order valence-electron chi connectivity index (χ3n) is 3.38. The molecule has 0 fully saturated rings. The van der Waals surface area contributed by atoms with Crippen molar-refractivity contribution < 1.29 is 8.42 Å². The van der Waals surface area contributed by atoms with Crippen molar-refractivity contribution in [2.75, 3.05) is 12.3 Å². The van der Waals surface area contributed by atoms with E-state index in [1.54, 1.807) is 28.6 Å². The molecule has 0 aliphatic carbocycles. The van der Waals surface area contributed by atoms with Crippen molar-refractivity contribution in [2.45, 2.75) is 51.5 Å². The maximum absolute atomic E-state index is 12.8. The van der Waals surface area contributed by atoms with Gasteiger partial charge in [-0.1, -0.05) is 27.7 Å². The molecule has 0 radical (unpaired) electrons. The monoisotopic (exact) mass is 298 g/mol. The van der Waals surface area contributed by atoms with Gasteiger partial charge in [-0.15, -0.1) is 0 Å². The lowest BCUT2D eigenvalue weighted by Crippen LogP contribution is -2.41. The van der Waals surface area contributed by atoms with Crippen molar-refractivity contribution in [1.82, 2.24) is 4.31 Å². The standard InChI is InChI=1S/C15H26N2O2S/c1-5-14(6-2)17(11-12(3)4)20(18,19)15-9-7-13(16)8-10-15/h7-10,12,14H,5-6,11,16H2,1-4H3. The van der Waals surface area contributed by atoms with E-state index in [9.17, 15) is 8.42 Å². The predicted molar refractivity (Wildman–Crippen MR) is 84.0 cm³/mol. The summed E-state index contributed by atoms with van der Waals surface area (Å²) in [4.78, 5) is 0.319. The number of hydrogen-bond acceptors (Lipinski definition) is 3. The lowest BCUT2D eigenvalue weighted by molar-refractivity contribution is 0.277. The number of hydrogen-bond donors (Lipinski definition) is 1. The van der Waals surface area contributed by atoms with Gasteiger partial charge in [0, 0.05) is 18.3 Å². The first-order valence-electron chi connectivity index (χ1n) is 7.20. The van der Waals surface area contributed by atoms with Gasteiger partial charge in [-0.3, -0.25) is 0 Å². The minimum absolute atomic E-state index is 0.0416. The van der Waals surface area contributed by atoms with Crippen LogP contribution in [0.4, 0.5) is 5.69 Å². The van der Waals surface area contributed by atoms with E-state index in [2.05, 4.69) is 0 Å². The molecule has 1 aromatic rings. The smallest absolute Gasteiger partial charge is 0.243 e. The first kappa shape index (κ1) is 17.0. The van der Waals surface area contributed by atoms with Crippen molar-refractivity contribution in [3.8, 4) is 0 Å². The van der Waals surface area contributed by atoms with E-state index in [1.165, 1.54) is 0 Å². The van der Waals surface area contributed by atoms with Gasteiger partial charge < -0.3 is 5.73 Å². The fourth-order valence-electron chi connectivity index (χ4n) is 2.27. The lowest BCUT2D eigenvalue weighted by atomic mass is 10.1. The van der Waals surface area contributed by atoms with Crippen LogP contribution in [-0.2, 0) is 10.0 Å². The molecule has 4 nitrogen and oxygen atoms in total. The first-order valence-corrected chi connectivity index (χ1v) is 8.64. The van der Waals surface area contributed by atoms with Crippen molar-refractivity contribution in [2.24, 2.45) is 5.92 Å². The number of nitrogen functional groups attached to an aromatic ring is 1. The topological polar surface area (TPSA) is 63.4 Å². The van der Waals surface area contributed by atoms with Gasteiger partial charge in [-0.25, -0.2) is 8.42 Å². The van der Waals surface area contributed by atoms with E-state index in [4.69, 9.17) is 5.73 Å².